The minimum atomic E-state index is -0.403. The van der Waals surface area contributed by atoms with Gasteiger partial charge in [0.25, 0.3) is 0 Å². The highest BCUT2D eigenvalue weighted by molar-refractivity contribution is 5.73. The van der Waals surface area contributed by atoms with Crippen molar-refractivity contribution in [3.63, 3.8) is 0 Å². The van der Waals surface area contributed by atoms with Crippen LogP contribution in [0.25, 0.3) is 0 Å². The van der Waals surface area contributed by atoms with Gasteiger partial charge in [-0.3, -0.25) is 4.79 Å². The molecule has 2 aromatic rings. The summed E-state index contributed by atoms with van der Waals surface area (Å²) in [6, 6.07) is 14.1. The number of carbonyl (C=O) groups excluding carboxylic acids is 2. The van der Waals surface area contributed by atoms with E-state index in [4.69, 9.17) is 4.74 Å². The quantitative estimate of drug-likeness (QED) is 0.779. The normalized spacial score (nSPS) is 19.0. The molecule has 2 amide bonds. The average Bonchev–Trinajstić information content (AvgIpc) is 2.72. The van der Waals surface area contributed by atoms with Crippen molar-refractivity contribution in [3.05, 3.63) is 71.0 Å². The van der Waals surface area contributed by atoms with E-state index in [1.54, 1.807) is 29.8 Å². The summed E-state index contributed by atoms with van der Waals surface area (Å²) in [7, 11) is 1.73. The van der Waals surface area contributed by atoms with Gasteiger partial charge in [0, 0.05) is 39.0 Å². The summed E-state index contributed by atoms with van der Waals surface area (Å²) in [6.45, 7) is 4.68. The zero-order valence-electron chi connectivity index (χ0n) is 17.1. The molecule has 1 aliphatic rings. The number of piperidine rings is 1. The first-order valence-corrected chi connectivity index (χ1v) is 9.82. The van der Waals surface area contributed by atoms with Gasteiger partial charge in [0.05, 0.1) is 0 Å². The number of halogens is 1. The van der Waals surface area contributed by atoms with E-state index in [2.05, 4.69) is 0 Å². The molecule has 2 atom stereocenters. The predicted octanol–water partition coefficient (Wildman–Crippen LogP) is 4.11. The zero-order valence-corrected chi connectivity index (χ0v) is 17.1. The molecule has 6 heteroatoms. The number of aryl methyl sites for hydroxylation is 1. The lowest BCUT2D eigenvalue weighted by atomic mass is 9.83. The number of likely N-dealkylation sites (N-methyl/N-ethyl adjacent to an activating group) is 1. The third-order valence-corrected chi connectivity index (χ3v) is 5.64. The number of hydrogen-bond donors (Lipinski definition) is 0. The summed E-state index contributed by atoms with van der Waals surface area (Å²) in [5, 5.41) is 0. The lowest BCUT2D eigenvalue weighted by Gasteiger charge is -2.42. The first kappa shape index (κ1) is 20.8. The fourth-order valence-electron chi connectivity index (χ4n) is 4.01. The standard InChI is InChI=1S/C23H27FN2O3/c1-16-13-19(24)9-10-20(16)21-14-26(17(2)27)12-11-22(21)25(3)23(28)29-15-18-7-5-4-6-8-18/h4-10,13,21-22H,11-12,14-15H2,1-3H3/t21-,22?/m1/s1. The first-order chi connectivity index (χ1) is 13.9. The van der Waals surface area contributed by atoms with Gasteiger partial charge in [0.2, 0.25) is 5.91 Å². The van der Waals surface area contributed by atoms with E-state index in [9.17, 15) is 14.0 Å². The van der Waals surface area contributed by atoms with Gasteiger partial charge in [0.1, 0.15) is 12.4 Å². The second-order valence-electron chi connectivity index (χ2n) is 7.58. The van der Waals surface area contributed by atoms with Crippen LogP contribution in [-0.4, -0.2) is 48.0 Å². The van der Waals surface area contributed by atoms with Gasteiger partial charge < -0.3 is 14.5 Å². The molecule has 1 aliphatic heterocycles. The third kappa shape index (κ3) is 4.94. The number of carbonyl (C=O) groups is 2. The van der Waals surface area contributed by atoms with E-state index in [1.807, 2.05) is 37.3 Å². The maximum atomic E-state index is 13.6. The number of rotatable bonds is 4. The second kappa shape index (κ2) is 9.07. The highest BCUT2D eigenvalue weighted by atomic mass is 19.1. The van der Waals surface area contributed by atoms with Crippen molar-refractivity contribution >= 4 is 12.0 Å². The Morgan fingerprint density at radius 3 is 2.59 bits per heavy atom. The van der Waals surface area contributed by atoms with Crippen LogP contribution in [0.4, 0.5) is 9.18 Å². The van der Waals surface area contributed by atoms with Crippen LogP contribution >= 0.6 is 0 Å². The van der Waals surface area contributed by atoms with Crippen molar-refractivity contribution in [3.8, 4) is 0 Å². The summed E-state index contributed by atoms with van der Waals surface area (Å²) < 4.78 is 19.1. The minimum absolute atomic E-state index is 0.00234. The Morgan fingerprint density at radius 2 is 1.93 bits per heavy atom. The molecule has 0 saturated carbocycles. The fourth-order valence-corrected chi connectivity index (χ4v) is 4.01. The summed E-state index contributed by atoms with van der Waals surface area (Å²) in [5.41, 5.74) is 2.69. The second-order valence-corrected chi connectivity index (χ2v) is 7.58. The molecule has 1 saturated heterocycles. The number of hydrogen-bond acceptors (Lipinski definition) is 3. The summed E-state index contributed by atoms with van der Waals surface area (Å²) >= 11 is 0. The van der Waals surface area contributed by atoms with E-state index in [1.165, 1.54) is 12.1 Å². The number of likely N-dealkylation sites (tertiary alicyclic amines) is 1. The van der Waals surface area contributed by atoms with Crippen molar-refractivity contribution in [1.29, 1.82) is 0 Å². The van der Waals surface area contributed by atoms with Crippen LogP contribution in [0.5, 0.6) is 0 Å². The largest absolute Gasteiger partial charge is 0.445 e. The first-order valence-electron chi connectivity index (χ1n) is 9.82. The van der Waals surface area contributed by atoms with Crippen molar-refractivity contribution in [2.75, 3.05) is 20.1 Å². The summed E-state index contributed by atoms with van der Waals surface area (Å²) in [4.78, 5) is 28.1. The average molecular weight is 398 g/mol. The zero-order chi connectivity index (χ0) is 21.0. The topological polar surface area (TPSA) is 49.9 Å². The molecular weight excluding hydrogens is 371 g/mol. The van der Waals surface area contributed by atoms with Gasteiger partial charge in [-0.25, -0.2) is 9.18 Å². The minimum Gasteiger partial charge on any atom is -0.445 e. The number of benzene rings is 2. The van der Waals surface area contributed by atoms with Gasteiger partial charge >= 0.3 is 6.09 Å². The van der Waals surface area contributed by atoms with Crippen LogP contribution in [0, 0.1) is 12.7 Å². The smallest absolute Gasteiger partial charge is 0.410 e. The molecule has 1 unspecified atom stereocenters. The molecule has 3 rings (SSSR count). The van der Waals surface area contributed by atoms with E-state index in [-0.39, 0.29) is 30.3 Å². The molecule has 1 fully saturated rings. The Bertz CT molecular complexity index is 872. The van der Waals surface area contributed by atoms with E-state index in [0.717, 1.165) is 16.7 Å². The number of amides is 2. The van der Waals surface area contributed by atoms with Gasteiger partial charge in [-0.05, 0) is 42.2 Å². The maximum Gasteiger partial charge on any atom is 0.410 e. The predicted molar refractivity (Wildman–Crippen MR) is 109 cm³/mol. The number of ether oxygens (including phenoxy) is 1. The molecule has 0 bridgehead atoms. The molecule has 2 aromatic carbocycles. The van der Waals surface area contributed by atoms with Crippen molar-refractivity contribution in [2.24, 2.45) is 0 Å². The van der Waals surface area contributed by atoms with Crippen LogP contribution in [0.3, 0.4) is 0 Å². The van der Waals surface area contributed by atoms with Crippen LogP contribution in [-0.2, 0) is 16.1 Å². The highest BCUT2D eigenvalue weighted by Crippen LogP contribution is 2.33. The molecular formula is C23H27FN2O3. The van der Waals surface area contributed by atoms with Crippen LogP contribution < -0.4 is 0 Å². The van der Waals surface area contributed by atoms with E-state index in [0.29, 0.717) is 19.5 Å². The Morgan fingerprint density at radius 1 is 1.21 bits per heavy atom. The maximum absolute atomic E-state index is 13.6. The highest BCUT2D eigenvalue weighted by Gasteiger charge is 2.37. The van der Waals surface area contributed by atoms with Crippen LogP contribution in [0.1, 0.15) is 36.0 Å². The van der Waals surface area contributed by atoms with Crippen molar-refractivity contribution in [2.45, 2.75) is 38.8 Å². The number of nitrogens with zero attached hydrogens (tertiary/aromatic N) is 2. The van der Waals surface area contributed by atoms with Crippen LogP contribution in [0.2, 0.25) is 0 Å². The van der Waals surface area contributed by atoms with E-state index >= 15 is 0 Å². The lowest BCUT2D eigenvalue weighted by molar-refractivity contribution is -0.130. The summed E-state index contributed by atoms with van der Waals surface area (Å²) in [5.74, 6) is -0.400. The van der Waals surface area contributed by atoms with E-state index < -0.39 is 6.09 Å². The Labute approximate surface area is 171 Å². The van der Waals surface area contributed by atoms with Gasteiger partial charge in [0.15, 0.2) is 0 Å². The molecule has 0 aliphatic carbocycles. The SMILES string of the molecule is CC(=O)N1CCC(N(C)C(=O)OCc2ccccc2)[C@@H](c2ccc(F)cc2C)C1. The van der Waals surface area contributed by atoms with Gasteiger partial charge in [-0.1, -0.05) is 36.4 Å². The monoisotopic (exact) mass is 398 g/mol. The third-order valence-electron chi connectivity index (χ3n) is 5.64. The molecule has 0 aromatic heterocycles. The van der Waals surface area contributed by atoms with Crippen LogP contribution in [0.15, 0.2) is 48.5 Å². The molecule has 0 spiro atoms. The van der Waals surface area contributed by atoms with Crippen molar-refractivity contribution in [1.82, 2.24) is 9.80 Å². The van der Waals surface area contributed by atoms with Crippen molar-refractivity contribution < 1.29 is 18.7 Å². The molecule has 0 radical (unpaired) electrons. The van der Waals surface area contributed by atoms with Gasteiger partial charge in [-0.2, -0.15) is 0 Å². The molecule has 154 valence electrons. The molecule has 29 heavy (non-hydrogen) atoms. The molecule has 1 heterocycles. The van der Waals surface area contributed by atoms with Gasteiger partial charge in [-0.15, -0.1) is 0 Å². The fraction of sp³-hybridized carbons (Fsp3) is 0.391. The molecule has 5 nitrogen and oxygen atoms in total. The summed E-state index contributed by atoms with van der Waals surface area (Å²) in [6.07, 6.45) is 0.234. The Balaban J connectivity index is 1.78. The lowest BCUT2D eigenvalue weighted by Crippen LogP contribution is -2.51. The Hall–Kier alpha value is -2.89. The molecule has 0 N–H and O–H groups in total. The Kier molecular flexibility index (Phi) is 6.52.